The summed E-state index contributed by atoms with van der Waals surface area (Å²) in [5.41, 5.74) is 6.05. The predicted octanol–water partition coefficient (Wildman–Crippen LogP) is 3.05. The molecule has 1 aromatic heterocycles. The maximum Gasteiger partial charge on any atom is 0.351 e. The van der Waals surface area contributed by atoms with Gasteiger partial charge in [-0.25, -0.2) is 14.4 Å². The molecule has 1 aliphatic heterocycles. The normalized spacial score (nSPS) is 19.6. The SMILES string of the molecule is CO[C@H]1[C@H](OC(=O)c2ccccc2)[C@@H](COC(=O)c2ccccc2)O[C@H]1n1cc(C(=O)c2ccccc2)c(N)nc1=O. The van der Waals surface area contributed by atoms with Gasteiger partial charge in [0.1, 0.15) is 24.6 Å². The Bertz CT molecular complexity index is 1630. The maximum atomic E-state index is 13.2. The standard InChI is InChI=1S/C31H27N3O8/c1-39-26-25(42-30(37)21-15-9-4-10-16-21)23(18-40-29(36)20-13-7-3-8-14-20)41-28(26)34-17-22(27(32)33-31(34)38)24(35)19-11-5-2-6-12-19/h2-17,23,25-26,28H,18H2,1H3,(H2,32,33,38)/t23-,25-,26+,28-/m1/s1. The predicted molar refractivity (Wildman–Crippen MR) is 150 cm³/mol. The molecule has 1 aliphatic rings. The molecular formula is C31H27N3O8. The lowest BCUT2D eigenvalue weighted by molar-refractivity contribution is -0.0657. The third-order valence-corrected chi connectivity index (χ3v) is 6.73. The first-order chi connectivity index (χ1) is 20.4. The van der Waals surface area contributed by atoms with Crippen LogP contribution < -0.4 is 11.4 Å². The summed E-state index contributed by atoms with van der Waals surface area (Å²) in [5, 5.41) is 0. The van der Waals surface area contributed by atoms with Gasteiger partial charge in [0.25, 0.3) is 0 Å². The molecule has 2 heterocycles. The van der Waals surface area contributed by atoms with Crippen molar-refractivity contribution in [3.8, 4) is 0 Å². The number of esters is 2. The number of hydrogen-bond acceptors (Lipinski definition) is 10. The highest BCUT2D eigenvalue weighted by Crippen LogP contribution is 2.34. The van der Waals surface area contributed by atoms with E-state index in [2.05, 4.69) is 4.98 Å². The van der Waals surface area contributed by atoms with Gasteiger partial charge in [0.05, 0.1) is 16.7 Å². The molecule has 0 bridgehead atoms. The molecule has 0 amide bonds. The molecular weight excluding hydrogens is 542 g/mol. The molecule has 0 radical (unpaired) electrons. The Morgan fingerprint density at radius 1 is 0.833 bits per heavy atom. The fraction of sp³-hybridized carbons (Fsp3) is 0.194. The fourth-order valence-electron chi connectivity index (χ4n) is 4.62. The Labute approximate surface area is 240 Å². The highest BCUT2D eigenvalue weighted by molar-refractivity contribution is 6.11. The first kappa shape index (κ1) is 28.4. The molecule has 214 valence electrons. The van der Waals surface area contributed by atoms with Gasteiger partial charge in [-0.05, 0) is 24.3 Å². The minimum atomic E-state index is -1.22. The van der Waals surface area contributed by atoms with Gasteiger partial charge < -0.3 is 24.7 Å². The van der Waals surface area contributed by atoms with Crippen molar-refractivity contribution in [3.05, 3.63) is 130 Å². The Hall–Kier alpha value is -5.13. The number of nitrogens with zero attached hydrogens (tertiary/aromatic N) is 2. The summed E-state index contributed by atoms with van der Waals surface area (Å²) in [7, 11) is 1.36. The molecule has 0 spiro atoms. The van der Waals surface area contributed by atoms with Crippen LogP contribution in [-0.4, -0.2) is 59.3 Å². The van der Waals surface area contributed by atoms with Gasteiger partial charge >= 0.3 is 17.6 Å². The molecule has 0 aliphatic carbocycles. The van der Waals surface area contributed by atoms with Crippen LogP contribution in [0.4, 0.5) is 5.82 Å². The van der Waals surface area contributed by atoms with E-state index in [1.165, 1.54) is 13.3 Å². The Balaban J connectivity index is 1.47. The average molecular weight is 570 g/mol. The van der Waals surface area contributed by atoms with Crippen molar-refractivity contribution in [1.29, 1.82) is 0 Å². The van der Waals surface area contributed by atoms with Crippen LogP contribution in [0.2, 0.25) is 0 Å². The fourth-order valence-corrected chi connectivity index (χ4v) is 4.62. The van der Waals surface area contributed by atoms with Crippen LogP contribution in [0.5, 0.6) is 0 Å². The van der Waals surface area contributed by atoms with Crippen molar-refractivity contribution in [2.24, 2.45) is 0 Å². The summed E-state index contributed by atoms with van der Waals surface area (Å²) < 4.78 is 24.2. The van der Waals surface area contributed by atoms with Gasteiger partial charge in [0, 0.05) is 18.9 Å². The van der Waals surface area contributed by atoms with Crippen molar-refractivity contribution < 1.29 is 33.3 Å². The van der Waals surface area contributed by atoms with Crippen LogP contribution in [0.3, 0.4) is 0 Å². The molecule has 3 aromatic carbocycles. The number of benzene rings is 3. The van der Waals surface area contributed by atoms with E-state index in [9.17, 15) is 19.2 Å². The minimum Gasteiger partial charge on any atom is -0.459 e. The lowest BCUT2D eigenvalue weighted by atomic mass is 10.1. The van der Waals surface area contributed by atoms with Gasteiger partial charge in [0.15, 0.2) is 18.1 Å². The molecule has 1 saturated heterocycles. The van der Waals surface area contributed by atoms with Gasteiger partial charge in [-0.1, -0.05) is 66.7 Å². The zero-order valence-corrected chi connectivity index (χ0v) is 22.5. The quantitative estimate of drug-likeness (QED) is 0.235. The molecule has 11 nitrogen and oxygen atoms in total. The first-order valence-electron chi connectivity index (χ1n) is 13.0. The number of hydrogen-bond donors (Lipinski definition) is 1. The van der Waals surface area contributed by atoms with Crippen LogP contribution in [0.15, 0.2) is 102 Å². The van der Waals surface area contributed by atoms with Gasteiger partial charge in [-0.15, -0.1) is 0 Å². The van der Waals surface area contributed by atoms with Gasteiger partial charge in [-0.2, -0.15) is 4.98 Å². The smallest absolute Gasteiger partial charge is 0.351 e. The Morgan fingerprint density at radius 2 is 1.38 bits per heavy atom. The van der Waals surface area contributed by atoms with Crippen molar-refractivity contribution in [2.75, 3.05) is 19.5 Å². The second-order valence-electron chi connectivity index (χ2n) is 9.39. The number of methoxy groups -OCH3 is 1. The van der Waals surface area contributed by atoms with E-state index in [0.29, 0.717) is 11.1 Å². The molecule has 0 unspecified atom stereocenters. The molecule has 1 fully saturated rings. The van der Waals surface area contributed by atoms with E-state index >= 15 is 0 Å². The number of rotatable bonds is 9. The van der Waals surface area contributed by atoms with Crippen molar-refractivity contribution in [2.45, 2.75) is 24.5 Å². The number of anilines is 1. The number of nitrogen functional groups attached to an aromatic ring is 1. The summed E-state index contributed by atoms with van der Waals surface area (Å²) in [4.78, 5) is 55.8. The zero-order chi connectivity index (χ0) is 29.6. The molecule has 11 heteroatoms. The number of nitrogens with two attached hydrogens (primary N) is 1. The van der Waals surface area contributed by atoms with E-state index < -0.39 is 48.0 Å². The monoisotopic (exact) mass is 569 g/mol. The van der Waals surface area contributed by atoms with Gasteiger partial charge in [0.2, 0.25) is 0 Å². The lowest BCUT2D eigenvalue weighted by Gasteiger charge is -2.24. The van der Waals surface area contributed by atoms with Crippen LogP contribution >= 0.6 is 0 Å². The summed E-state index contributed by atoms with van der Waals surface area (Å²) >= 11 is 0. The first-order valence-corrected chi connectivity index (χ1v) is 13.0. The molecule has 4 aromatic rings. The topological polar surface area (TPSA) is 149 Å². The van der Waals surface area contributed by atoms with E-state index in [-0.39, 0.29) is 23.6 Å². The molecule has 42 heavy (non-hydrogen) atoms. The number of aromatic nitrogens is 2. The van der Waals surface area contributed by atoms with Crippen LogP contribution in [0, 0.1) is 0 Å². The summed E-state index contributed by atoms with van der Waals surface area (Å²) in [6.07, 6.45) is -3.19. The summed E-state index contributed by atoms with van der Waals surface area (Å²) in [6, 6.07) is 25.0. The third-order valence-electron chi connectivity index (χ3n) is 6.73. The Morgan fingerprint density at radius 3 is 1.95 bits per heavy atom. The second-order valence-corrected chi connectivity index (χ2v) is 9.39. The zero-order valence-electron chi connectivity index (χ0n) is 22.5. The van der Waals surface area contributed by atoms with Crippen LogP contribution in [0.25, 0.3) is 0 Å². The van der Waals surface area contributed by atoms with E-state index in [1.807, 2.05) is 0 Å². The van der Waals surface area contributed by atoms with E-state index in [4.69, 9.17) is 24.7 Å². The second kappa shape index (κ2) is 12.6. The highest BCUT2D eigenvalue weighted by Gasteiger charge is 2.49. The van der Waals surface area contributed by atoms with E-state index in [1.54, 1.807) is 91.0 Å². The van der Waals surface area contributed by atoms with E-state index in [0.717, 1.165) is 4.57 Å². The number of ether oxygens (including phenoxy) is 4. The summed E-state index contributed by atoms with van der Waals surface area (Å²) in [6.45, 7) is -0.330. The molecule has 5 rings (SSSR count). The minimum absolute atomic E-state index is 0.0314. The number of carbonyl (C=O) groups is 3. The van der Waals surface area contributed by atoms with Crippen LogP contribution in [0.1, 0.15) is 42.9 Å². The van der Waals surface area contributed by atoms with Crippen molar-refractivity contribution >= 4 is 23.5 Å². The van der Waals surface area contributed by atoms with Crippen LogP contribution in [-0.2, 0) is 18.9 Å². The number of ketones is 1. The Kier molecular flexibility index (Phi) is 8.51. The van der Waals surface area contributed by atoms with Gasteiger partial charge in [-0.3, -0.25) is 9.36 Å². The highest BCUT2D eigenvalue weighted by atomic mass is 16.6. The lowest BCUT2D eigenvalue weighted by Crippen LogP contribution is -2.41. The molecule has 2 N–H and O–H groups in total. The third kappa shape index (κ3) is 5.97. The largest absolute Gasteiger partial charge is 0.459 e. The maximum absolute atomic E-state index is 13.2. The molecule has 4 atom stereocenters. The summed E-state index contributed by atoms with van der Waals surface area (Å²) in [5.74, 6) is -2.00. The average Bonchev–Trinajstić information content (AvgIpc) is 3.37. The number of carbonyl (C=O) groups excluding carboxylic acids is 3. The molecule has 0 saturated carbocycles. The van der Waals surface area contributed by atoms with Crippen molar-refractivity contribution in [3.63, 3.8) is 0 Å². The van der Waals surface area contributed by atoms with Crippen molar-refractivity contribution in [1.82, 2.24) is 9.55 Å².